The molecule has 0 atom stereocenters. The number of fused-ring (bicyclic) bond motifs is 1. The molecule has 0 bridgehead atoms. The fraction of sp³-hybridized carbons (Fsp3) is 0.261. The van der Waals surface area contributed by atoms with Crippen LogP contribution in [-0.4, -0.2) is 33.7 Å². The molecule has 0 amide bonds. The Bertz CT molecular complexity index is 1240. The molecule has 8 heteroatoms. The normalized spacial score (nSPS) is 11.1. The first-order chi connectivity index (χ1) is 14.9. The maximum atomic E-state index is 6.51. The van der Waals surface area contributed by atoms with Crippen LogP contribution in [0.4, 0.5) is 11.6 Å². The molecule has 0 aliphatic heterocycles. The number of aryl methyl sites for hydroxylation is 1. The van der Waals surface area contributed by atoms with E-state index in [-0.39, 0.29) is 5.95 Å². The number of hydrogen-bond donors (Lipinski definition) is 1. The molecule has 0 saturated carbocycles. The number of aromatic nitrogens is 4. The number of nitrogens with zero attached hydrogens (tertiary/aromatic N) is 5. The van der Waals surface area contributed by atoms with E-state index < -0.39 is 0 Å². The maximum Gasteiger partial charge on any atom is 0.223 e. The molecular formula is C23H25ClN6O. The monoisotopic (exact) mass is 436 g/mol. The van der Waals surface area contributed by atoms with Crippen LogP contribution in [-0.2, 0) is 13.1 Å². The lowest BCUT2D eigenvalue weighted by molar-refractivity contribution is 0.406. The molecule has 3 aromatic heterocycles. The minimum absolute atomic E-state index is 0.144. The Kier molecular flexibility index (Phi) is 5.69. The van der Waals surface area contributed by atoms with Crippen molar-refractivity contribution in [2.45, 2.75) is 26.9 Å². The summed E-state index contributed by atoms with van der Waals surface area (Å²) in [5.41, 5.74) is 11.6. The average Bonchev–Trinajstić information content (AvgIpc) is 3.08. The van der Waals surface area contributed by atoms with E-state index in [1.807, 2.05) is 49.9 Å². The van der Waals surface area contributed by atoms with Crippen LogP contribution in [0.15, 0.2) is 42.7 Å². The van der Waals surface area contributed by atoms with Crippen LogP contribution < -0.4 is 15.4 Å². The molecule has 0 spiro atoms. The molecule has 0 aliphatic rings. The molecule has 0 radical (unpaired) electrons. The zero-order valence-electron chi connectivity index (χ0n) is 18.1. The van der Waals surface area contributed by atoms with Gasteiger partial charge in [-0.2, -0.15) is 4.98 Å². The Morgan fingerprint density at radius 3 is 2.61 bits per heavy atom. The number of nitrogens with two attached hydrogens (primary N) is 1. The van der Waals surface area contributed by atoms with Crippen LogP contribution in [0.1, 0.15) is 22.4 Å². The molecule has 160 valence electrons. The van der Waals surface area contributed by atoms with Gasteiger partial charge in [0.05, 0.1) is 24.7 Å². The first-order valence-electron chi connectivity index (χ1n) is 9.95. The van der Waals surface area contributed by atoms with Crippen LogP contribution in [0.3, 0.4) is 0 Å². The molecule has 31 heavy (non-hydrogen) atoms. The van der Waals surface area contributed by atoms with Crippen molar-refractivity contribution in [3.8, 4) is 5.75 Å². The van der Waals surface area contributed by atoms with E-state index in [4.69, 9.17) is 22.1 Å². The highest BCUT2D eigenvalue weighted by atomic mass is 35.5. The predicted octanol–water partition coefficient (Wildman–Crippen LogP) is 4.37. The molecule has 7 nitrogen and oxygen atoms in total. The molecule has 0 saturated heterocycles. The third kappa shape index (κ3) is 4.01. The van der Waals surface area contributed by atoms with Gasteiger partial charge in [0.1, 0.15) is 16.5 Å². The number of para-hydroxylation sites is 1. The van der Waals surface area contributed by atoms with Gasteiger partial charge in [0, 0.05) is 48.4 Å². The highest BCUT2D eigenvalue weighted by Crippen LogP contribution is 2.31. The number of anilines is 2. The number of benzene rings is 1. The summed E-state index contributed by atoms with van der Waals surface area (Å²) in [4.78, 5) is 15.5. The van der Waals surface area contributed by atoms with E-state index in [0.717, 1.165) is 39.2 Å². The van der Waals surface area contributed by atoms with Crippen molar-refractivity contribution in [1.29, 1.82) is 0 Å². The fourth-order valence-electron chi connectivity index (χ4n) is 3.90. The smallest absolute Gasteiger partial charge is 0.223 e. The topological polar surface area (TPSA) is 82.1 Å². The van der Waals surface area contributed by atoms with E-state index in [2.05, 4.69) is 38.2 Å². The highest BCUT2D eigenvalue weighted by Gasteiger charge is 2.19. The van der Waals surface area contributed by atoms with Gasteiger partial charge in [0.2, 0.25) is 5.95 Å². The summed E-state index contributed by atoms with van der Waals surface area (Å²) in [7, 11) is 3.72. The number of hydrogen-bond acceptors (Lipinski definition) is 6. The minimum Gasteiger partial charge on any atom is -0.496 e. The van der Waals surface area contributed by atoms with Crippen molar-refractivity contribution in [3.05, 3.63) is 70.3 Å². The third-order valence-electron chi connectivity index (χ3n) is 5.44. The van der Waals surface area contributed by atoms with E-state index in [1.165, 1.54) is 0 Å². The second-order valence-corrected chi connectivity index (χ2v) is 7.95. The van der Waals surface area contributed by atoms with Crippen molar-refractivity contribution in [2.75, 3.05) is 24.8 Å². The van der Waals surface area contributed by atoms with Crippen molar-refractivity contribution >= 4 is 34.3 Å². The van der Waals surface area contributed by atoms with Crippen LogP contribution >= 0.6 is 11.6 Å². The zero-order chi connectivity index (χ0) is 22.1. The fourth-order valence-corrected chi connectivity index (χ4v) is 4.19. The Morgan fingerprint density at radius 1 is 1.16 bits per heavy atom. The molecule has 1 aromatic carbocycles. The number of rotatable bonds is 6. The average molecular weight is 437 g/mol. The number of pyridine rings is 1. The predicted molar refractivity (Wildman–Crippen MR) is 125 cm³/mol. The first kappa shape index (κ1) is 20.9. The van der Waals surface area contributed by atoms with Gasteiger partial charge in [-0.05, 0) is 26.0 Å². The second kappa shape index (κ2) is 8.43. The van der Waals surface area contributed by atoms with Gasteiger partial charge in [-0.15, -0.1) is 0 Å². The van der Waals surface area contributed by atoms with Gasteiger partial charge in [-0.3, -0.25) is 4.98 Å². The summed E-state index contributed by atoms with van der Waals surface area (Å²) in [5, 5.41) is 1.15. The summed E-state index contributed by atoms with van der Waals surface area (Å²) >= 11 is 6.51. The Morgan fingerprint density at radius 2 is 1.90 bits per heavy atom. The summed E-state index contributed by atoms with van der Waals surface area (Å²) in [6.07, 6.45) is 3.88. The van der Waals surface area contributed by atoms with E-state index in [9.17, 15) is 0 Å². The summed E-state index contributed by atoms with van der Waals surface area (Å²) < 4.78 is 7.59. The highest BCUT2D eigenvalue weighted by molar-refractivity contribution is 6.34. The molecule has 0 unspecified atom stereocenters. The first-order valence-corrected chi connectivity index (χ1v) is 10.3. The Balaban J connectivity index is 1.78. The molecular weight excluding hydrogens is 412 g/mol. The van der Waals surface area contributed by atoms with Crippen molar-refractivity contribution in [2.24, 2.45) is 0 Å². The van der Waals surface area contributed by atoms with Gasteiger partial charge in [0.25, 0.3) is 0 Å². The van der Waals surface area contributed by atoms with Crippen molar-refractivity contribution in [1.82, 2.24) is 19.5 Å². The molecule has 2 N–H and O–H groups in total. The molecule has 0 aliphatic carbocycles. The second-order valence-electron chi connectivity index (χ2n) is 7.59. The molecule has 4 aromatic rings. The summed E-state index contributed by atoms with van der Waals surface area (Å²) in [6.45, 7) is 5.16. The lowest BCUT2D eigenvalue weighted by Gasteiger charge is -2.18. The van der Waals surface area contributed by atoms with Gasteiger partial charge in [-0.1, -0.05) is 29.8 Å². The van der Waals surface area contributed by atoms with E-state index in [1.54, 1.807) is 7.11 Å². The van der Waals surface area contributed by atoms with Gasteiger partial charge >= 0.3 is 0 Å². The number of nitrogen functional groups attached to an aromatic ring is 1. The zero-order valence-corrected chi connectivity index (χ0v) is 18.8. The number of methoxy groups -OCH3 is 1. The number of halogens is 1. The lowest BCUT2D eigenvalue weighted by Crippen LogP contribution is -2.16. The Labute approximate surface area is 186 Å². The number of ether oxygens (including phenoxy) is 1. The SMILES string of the molecule is COc1c(C)cnc(Cn2cc(CN(C)c3ccccc3)c3c(Cl)nc(N)nc32)c1C. The van der Waals surface area contributed by atoms with Crippen molar-refractivity contribution < 1.29 is 4.74 Å². The quantitative estimate of drug-likeness (QED) is 0.452. The standard InChI is InChI=1S/C23H25ClN6O/c1-14-10-26-18(15(2)20(14)31-4)13-30-12-16(11-29(3)17-8-6-5-7-9-17)19-21(24)27-23(25)28-22(19)30/h5-10,12H,11,13H2,1-4H3,(H2,25,27,28). The van der Waals surface area contributed by atoms with Gasteiger partial charge < -0.3 is 19.9 Å². The molecule has 4 rings (SSSR count). The van der Waals surface area contributed by atoms with Crippen LogP contribution in [0.5, 0.6) is 5.75 Å². The third-order valence-corrected chi connectivity index (χ3v) is 5.72. The van der Waals surface area contributed by atoms with E-state index in [0.29, 0.717) is 23.9 Å². The summed E-state index contributed by atoms with van der Waals surface area (Å²) in [6, 6.07) is 10.2. The summed E-state index contributed by atoms with van der Waals surface area (Å²) in [5.74, 6) is 0.989. The molecule has 0 fully saturated rings. The van der Waals surface area contributed by atoms with Crippen molar-refractivity contribution in [3.63, 3.8) is 0 Å². The lowest BCUT2D eigenvalue weighted by atomic mass is 10.1. The molecule has 3 heterocycles. The van der Waals surface area contributed by atoms with Gasteiger partial charge in [-0.25, -0.2) is 4.98 Å². The maximum absolute atomic E-state index is 6.51. The Hall–Kier alpha value is -3.32. The minimum atomic E-state index is 0.144. The van der Waals surface area contributed by atoms with Crippen LogP contribution in [0.2, 0.25) is 5.15 Å². The van der Waals surface area contributed by atoms with Crippen LogP contribution in [0.25, 0.3) is 11.0 Å². The van der Waals surface area contributed by atoms with Crippen LogP contribution in [0, 0.1) is 13.8 Å². The van der Waals surface area contributed by atoms with E-state index >= 15 is 0 Å². The van der Waals surface area contributed by atoms with Gasteiger partial charge in [0.15, 0.2) is 0 Å². The largest absolute Gasteiger partial charge is 0.496 e.